The van der Waals surface area contributed by atoms with Gasteiger partial charge < -0.3 is 18.5 Å². The Morgan fingerprint density at radius 2 is 1.39 bits per heavy atom. The maximum Gasteiger partial charge on any atom is 0.331 e. The number of likely N-dealkylation sites (tertiary alicyclic amines) is 1. The lowest BCUT2D eigenvalue weighted by atomic mass is 10.1. The zero-order valence-electron chi connectivity index (χ0n) is 22.3. The van der Waals surface area contributed by atoms with Crippen molar-refractivity contribution in [3.63, 3.8) is 0 Å². The number of hydrogen-bond acceptors (Lipinski definition) is 5. The number of benzene rings is 1. The number of methoxy groups -OCH3 is 1. The quantitative estimate of drug-likeness (QED) is 0.378. The van der Waals surface area contributed by atoms with E-state index in [4.69, 9.17) is 13.6 Å². The molecule has 1 aliphatic rings. The molecule has 33 heavy (non-hydrogen) atoms. The van der Waals surface area contributed by atoms with Crippen molar-refractivity contribution in [2.75, 3.05) is 7.11 Å². The highest BCUT2D eigenvalue weighted by atomic mass is 28.4. The van der Waals surface area contributed by atoms with Crippen molar-refractivity contribution in [1.29, 1.82) is 0 Å². The molecule has 0 radical (unpaired) electrons. The summed E-state index contributed by atoms with van der Waals surface area (Å²) in [5.41, 5.74) is 0.943. The van der Waals surface area contributed by atoms with Gasteiger partial charge in [0.2, 0.25) is 0 Å². The van der Waals surface area contributed by atoms with Gasteiger partial charge in [0.15, 0.2) is 28.8 Å². The number of carbonyl (C=O) groups is 2. The second-order valence-corrected chi connectivity index (χ2v) is 21.6. The Bertz CT molecular complexity index is 843. The fourth-order valence-electron chi connectivity index (χ4n) is 3.38. The Morgan fingerprint density at radius 3 is 1.85 bits per heavy atom. The Kier molecular flexibility index (Phi) is 8.11. The molecule has 1 aromatic rings. The van der Waals surface area contributed by atoms with E-state index in [1.165, 1.54) is 7.11 Å². The Hall–Kier alpha value is -1.49. The van der Waals surface area contributed by atoms with E-state index in [1.54, 1.807) is 4.90 Å². The van der Waals surface area contributed by atoms with Crippen molar-refractivity contribution < 1.29 is 23.2 Å². The van der Waals surface area contributed by atoms with Gasteiger partial charge in [0.1, 0.15) is 6.10 Å². The van der Waals surface area contributed by atoms with Crippen molar-refractivity contribution in [1.82, 2.24) is 4.90 Å². The van der Waals surface area contributed by atoms with E-state index in [0.717, 1.165) is 5.56 Å². The van der Waals surface area contributed by atoms with Crippen molar-refractivity contribution in [3.8, 4) is 0 Å². The summed E-state index contributed by atoms with van der Waals surface area (Å²) in [7, 11) is -3.31. The van der Waals surface area contributed by atoms with Crippen LogP contribution in [0.15, 0.2) is 30.3 Å². The summed E-state index contributed by atoms with van der Waals surface area (Å²) >= 11 is 0. The summed E-state index contributed by atoms with van der Waals surface area (Å²) in [4.78, 5) is 28.5. The molecular formula is C25H43NO5Si2. The first kappa shape index (κ1) is 27.8. The van der Waals surface area contributed by atoms with Crippen LogP contribution >= 0.6 is 0 Å². The molecule has 3 atom stereocenters. The van der Waals surface area contributed by atoms with Crippen LogP contribution in [0.2, 0.25) is 36.3 Å². The SMILES string of the molecule is COC(=O)[C@H]1[C@H](O[Si](C)(C)C(C)(C)C)[C@@H](O[Si](C)(C)C(C)(C)C)C(=O)N1Cc1ccccc1. The number of nitrogens with zero attached hydrogens (tertiary/aromatic N) is 1. The molecule has 1 heterocycles. The molecule has 0 spiro atoms. The van der Waals surface area contributed by atoms with Crippen LogP contribution in [0.4, 0.5) is 0 Å². The van der Waals surface area contributed by atoms with E-state index in [2.05, 4.69) is 67.7 Å². The van der Waals surface area contributed by atoms with E-state index in [1.807, 2.05) is 30.3 Å². The summed E-state index contributed by atoms with van der Waals surface area (Å²) < 4.78 is 18.6. The van der Waals surface area contributed by atoms with Crippen LogP contribution in [0.1, 0.15) is 47.1 Å². The predicted octanol–water partition coefficient (Wildman–Crippen LogP) is 5.35. The highest BCUT2D eigenvalue weighted by molar-refractivity contribution is 6.74. The summed E-state index contributed by atoms with van der Waals surface area (Å²) in [6.07, 6.45) is -1.56. The van der Waals surface area contributed by atoms with E-state index in [0.29, 0.717) is 6.54 Å². The maximum atomic E-state index is 13.8. The highest BCUT2D eigenvalue weighted by Crippen LogP contribution is 2.43. The van der Waals surface area contributed by atoms with Crippen molar-refractivity contribution in [2.24, 2.45) is 0 Å². The van der Waals surface area contributed by atoms with E-state index >= 15 is 0 Å². The molecule has 1 fully saturated rings. The van der Waals surface area contributed by atoms with Gasteiger partial charge in [0, 0.05) is 6.54 Å². The fourth-order valence-corrected chi connectivity index (χ4v) is 5.89. The van der Waals surface area contributed by atoms with Gasteiger partial charge in [-0.15, -0.1) is 0 Å². The van der Waals surface area contributed by atoms with Crippen LogP contribution in [-0.2, 0) is 29.7 Å². The zero-order valence-corrected chi connectivity index (χ0v) is 24.3. The van der Waals surface area contributed by atoms with Crippen LogP contribution < -0.4 is 0 Å². The summed E-state index contributed by atoms with van der Waals surface area (Å²) in [5, 5.41) is -0.187. The number of ether oxygens (including phenoxy) is 1. The summed E-state index contributed by atoms with van der Waals surface area (Å²) in [6.45, 7) is 21.7. The molecule has 1 saturated heterocycles. The normalized spacial score (nSPS) is 22.6. The summed E-state index contributed by atoms with van der Waals surface area (Å²) in [6, 6.07) is 8.83. The first-order valence-electron chi connectivity index (χ1n) is 11.7. The lowest BCUT2D eigenvalue weighted by molar-refractivity contribution is -0.151. The molecule has 0 aromatic heterocycles. The molecule has 8 heteroatoms. The molecule has 0 bridgehead atoms. The molecule has 2 rings (SSSR count). The van der Waals surface area contributed by atoms with Crippen LogP contribution in [0, 0.1) is 0 Å². The third-order valence-electron chi connectivity index (χ3n) is 7.57. The van der Waals surface area contributed by atoms with E-state index in [-0.39, 0.29) is 16.0 Å². The minimum absolute atomic E-state index is 0.0922. The maximum absolute atomic E-state index is 13.8. The molecule has 1 aromatic carbocycles. The molecule has 1 aliphatic heterocycles. The number of rotatable bonds is 7. The smallest absolute Gasteiger partial charge is 0.331 e. The van der Waals surface area contributed by atoms with Gasteiger partial charge in [-0.3, -0.25) is 4.79 Å². The minimum atomic E-state index is -2.34. The standard InChI is InChI=1S/C25H43NO5Si2/c1-24(2,3)32(8,9)30-20-19(23(28)29-7)26(17-18-15-13-12-14-16-18)22(27)21(20)31-33(10,11)25(4,5)6/h12-16,19-21H,17H2,1-11H3/t19-,20+,21-/m1/s1. The first-order valence-corrected chi connectivity index (χ1v) is 17.5. The number of esters is 1. The molecule has 0 saturated carbocycles. The number of amides is 1. The largest absolute Gasteiger partial charge is 0.467 e. The van der Waals surface area contributed by atoms with Gasteiger partial charge in [0.05, 0.1) is 7.11 Å². The average Bonchev–Trinajstić information content (AvgIpc) is 2.91. The number of carbonyl (C=O) groups excluding carboxylic acids is 2. The van der Waals surface area contributed by atoms with Crippen LogP contribution in [0.5, 0.6) is 0 Å². The van der Waals surface area contributed by atoms with Gasteiger partial charge in [-0.25, -0.2) is 4.79 Å². The predicted molar refractivity (Wildman–Crippen MR) is 137 cm³/mol. The second-order valence-electron chi connectivity index (χ2n) is 12.1. The highest BCUT2D eigenvalue weighted by Gasteiger charge is 2.58. The second kappa shape index (κ2) is 9.64. The lowest BCUT2D eigenvalue weighted by Crippen LogP contribution is -2.54. The Morgan fingerprint density at radius 1 is 0.909 bits per heavy atom. The van der Waals surface area contributed by atoms with Crippen molar-refractivity contribution in [2.45, 2.75) is 103 Å². The molecule has 186 valence electrons. The van der Waals surface area contributed by atoms with Crippen LogP contribution in [0.25, 0.3) is 0 Å². The van der Waals surface area contributed by atoms with Gasteiger partial charge in [-0.05, 0) is 41.8 Å². The molecular weight excluding hydrogens is 450 g/mol. The third-order valence-corrected chi connectivity index (χ3v) is 16.5. The monoisotopic (exact) mass is 493 g/mol. The van der Waals surface area contributed by atoms with Gasteiger partial charge in [0.25, 0.3) is 5.91 Å². The lowest BCUT2D eigenvalue weighted by Gasteiger charge is -2.43. The van der Waals surface area contributed by atoms with Gasteiger partial charge >= 0.3 is 5.97 Å². The van der Waals surface area contributed by atoms with Crippen LogP contribution in [-0.4, -0.2) is 58.8 Å². The van der Waals surface area contributed by atoms with Gasteiger partial charge in [-0.1, -0.05) is 71.9 Å². The van der Waals surface area contributed by atoms with Crippen molar-refractivity contribution >= 4 is 28.5 Å². The molecule has 0 unspecified atom stereocenters. The number of hydrogen-bond donors (Lipinski definition) is 0. The molecule has 1 amide bonds. The Balaban J connectivity index is 2.57. The zero-order chi connectivity index (χ0) is 25.4. The average molecular weight is 494 g/mol. The topological polar surface area (TPSA) is 65.1 Å². The van der Waals surface area contributed by atoms with Crippen LogP contribution in [0.3, 0.4) is 0 Å². The molecule has 0 N–H and O–H groups in total. The fraction of sp³-hybridized carbons (Fsp3) is 0.680. The minimum Gasteiger partial charge on any atom is -0.467 e. The Labute approximate surface area is 202 Å². The van der Waals surface area contributed by atoms with Gasteiger partial charge in [-0.2, -0.15) is 0 Å². The summed E-state index contributed by atoms with van der Waals surface area (Å²) in [5.74, 6) is -0.674. The van der Waals surface area contributed by atoms with Crippen molar-refractivity contribution in [3.05, 3.63) is 35.9 Å². The third kappa shape index (κ3) is 5.96. The molecule has 6 nitrogen and oxygen atoms in total. The molecule has 0 aliphatic carbocycles. The first-order chi connectivity index (χ1) is 14.9. The van der Waals surface area contributed by atoms with E-state index in [9.17, 15) is 9.59 Å². The van der Waals surface area contributed by atoms with E-state index < -0.39 is 40.9 Å².